The first-order valence-corrected chi connectivity index (χ1v) is 10.6. The number of oxazole rings is 1. The Hall–Kier alpha value is -2.14. The Balaban J connectivity index is 1.53. The monoisotopic (exact) mass is 379 g/mol. The molecular formula is C23H29N3O2. The number of likely N-dealkylation sites (tertiary alicyclic amines) is 1. The second-order valence-corrected chi connectivity index (χ2v) is 9.07. The van der Waals surface area contributed by atoms with Gasteiger partial charge in [0, 0.05) is 29.6 Å². The summed E-state index contributed by atoms with van der Waals surface area (Å²) in [5, 5.41) is 3.98. The first-order valence-electron chi connectivity index (χ1n) is 10.6. The number of hydrogen-bond acceptors (Lipinski definition) is 4. The van der Waals surface area contributed by atoms with Crippen molar-refractivity contribution in [3.8, 4) is 0 Å². The van der Waals surface area contributed by atoms with Crippen LogP contribution in [-0.4, -0.2) is 40.0 Å². The van der Waals surface area contributed by atoms with Crippen LogP contribution in [0.5, 0.6) is 0 Å². The molecule has 1 aromatic carbocycles. The molecule has 5 heteroatoms. The van der Waals surface area contributed by atoms with Crippen LogP contribution in [0.3, 0.4) is 0 Å². The molecule has 5 atom stereocenters. The van der Waals surface area contributed by atoms with Gasteiger partial charge in [-0.1, -0.05) is 50.1 Å². The van der Waals surface area contributed by atoms with E-state index in [9.17, 15) is 4.79 Å². The number of carbonyl (C=O) groups is 1. The Morgan fingerprint density at radius 3 is 2.82 bits per heavy atom. The van der Waals surface area contributed by atoms with Gasteiger partial charge in [0.1, 0.15) is 0 Å². The van der Waals surface area contributed by atoms with Crippen molar-refractivity contribution >= 4 is 5.91 Å². The molecule has 3 fully saturated rings. The molecule has 5 nitrogen and oxygen atoms in total. The van der Waals surface area contributed by atoms with Gasteiger partial charge in [-0.25, -0.2) is 4.98 Å². The Bertz CT molecular complexity index is 864. The summed E-state index contributed by atoms with van der Waals surface area (Å²) in [6.45, 7) is 4.25. The zero-order valence-electron chi connectivity index (χ0n) is 16.7. The summed E-state index contributed by atoms with van der Waals surface area (Å²) in [5.74, 6) is 0.437. The summed E-state index contributed by atoms with van der Waals surface area (Å²) >= 11 is 0. The van der Waals surface area contributed by atoms with Crippen LogP contribution in [0.15, 0.2) is 41.1 Å². The quantitative estimate of drug-likeness (QED) is 0.883. The molecule has 148 valence electrons. The summed E-state index contributed by atoms with van der Waals surface area (Å²) in [4.78, 5) is 19.9. The number of piperidine rings is 1. The highest BCUT2D eigenvalue weighted by Gasteiger charge is 2.60. The Morgan fingerprint density at radius 1 is 1.29 bits per heavy atom. The normalized spacial score (nSPS) is 34.3. The summed E-state index contributed by atoms with van der Waals surface area (Å²) in [7, 11) is 0. The van der Waals surface area contributed by atoms with E-state index in [-0.39, 0.29) is 29.4 Å². The lowest BCUT2D eigenvalue weighted by molar-refractivity contribution is 0.0578. The zero-order chi connectivity index (χ0) is 19.3. The SMILES string of the molecule is Cc1ncoc1C(=O)N1[C@H]2CCCC[C@H]3N[C@@H](Cc4ccccc4)[C@@H]1C[C@@]23C. The van der Waals surface area contributed by atoms with Gasteiger partial charge in [0.05, 0.1) is 5.69 Å². The predicted octanol–water partition coefficient (Wildman–Crippen LogP) is 3.73. The smallest absolute Gasteiger partial charge is 0.292 e. The largest absolute Gasteiger partial charge is 0.438 e. The van der Waals surface area contributed by atoms with Gasteiger partial charge in [0.25, 0.3) is 5.91 Å². The molecule has 3 heterocycles. The fourth-order valence-electron chi connectivity index (χ4n) is 6.05. The second-order valence-electron chi connectivity index (χ2n) is 9.07. The van der Waals surface area contributed by atoms with Crippen LogP contribution >= 0.6 is 0 Å². The summed E-state index contributed by atoms with van der Waals surface area (Å²) in [5.41, 5.74) is 2.15. The van der Waals surface area contributed by atoms with Crippen molar-refractivity contribution in [2.45, 2.75) is 76.5 Å². The molecule has 2 saturated heterocycles. The van der Waals surface area contributed by atoms with Crippen LogP contribution in [0.25, 0.3) is 0 Å². The van der Waals surface area contributed by atoms with Crippen LogP contribution in [0, 0.1) is 12.3 Å². The molecule has 2 aromatic rings. The minimum atomic E-state index is 0.0242. The van der Waals surface area contributed by atoms with Crippen LogP contribution < -0.4 is 5.32 Å². The number of aryl methyl sites for hydroxylation is 1. The number of nitrogens with zero attached hydrogens (tertiary/aromatic N) is 2. The van der Waals surface area contributed by atoms with E-state index in [2.05, 4.69) is 52.5 Å². The van der Waals surface area contributed by atoms with Crippen LogP contribution in [-0.2, 0) is 6.42 Å². The number of carbonyl (C=O) groups excluding carboxylic acids is 1. The van der Waals surface area contributed by atoms with E-state index in [1.54, 1.807) is 0 Å². The van der Waals surface area contributed by atoms with Crippen molar-refractivity contribution in [1.29, 1.82) is 0 Å². The number of amides is 1. The number of hydrogen-bond donors (Lipinski definition) is 1. The molecule has 1 aliphatic carbocycles. The molecule has 3 aliphatic rings. The van der Waals surface area contributed by atoms with E-state index in [0.717, 1.165) is 19.3 Å². The molecule has 0 radical (unpaired) electrons. The maximum absolute atomic E-state index is 13.6. The van der Waals surface area contributed by atoms with Crippen LogP contribution in [0.4, 0.5) is 0 Å². The van der Waals surface area contributed by atoms with Crippen molar-refractivity contribution in [3.05, 3.63) is 53.7 Å². The molecule has 1 aromatic heterocycles. The fraction of sp³-hybridized carbons (Fsp3) is 0.565. The lowest BCUT2D eigenvalue weighted by Crippen LogP contribution is -2.57. The highest BCUT2D eigenvalue weighted by atomic mass is 16.3. The zero-order valence-corrected chi connectivity index (χ0v) is 16.7. The molecule has 5 rings (SSSR count). The summed E-state index contributed by atoms with van der Waals surface area (Å²) < 4.78 is 5.52. The average Bonchev–Trinajstić information content (AvgIpc) is 3.18. The van der Waals surface area contributed by atoms with Crippen molar-refractivity contribution in [2.24, 2.45) is 5.41 Å². The topological polar surface area (TPSA) is 58.4 Å². The minimum absolute atomic E-state index is 0.0242. The Labute approximate surface area is 166 Å². The van der Waals surface area contributed by atoms with E-state index in [0.29, 0.717) is 17.5 Å². The third kappa shape index (κ3) is 2.71. The van der Waals surface area contributed by atoms with Gasteiger partial charge < -0.3 is 14.6 Å². The predicted molar refractivity (Wildman–Crippen MR) is 107 cm³/mol. The lowest BCUT2D eigenvalue weighted by atomic mass is 9.70. The van der Waals surface area contributed by atoms with E-state index in [1.807, 2.05) is 6.92 Å². The molecule has 2 aliphatic heterocycles. The first-order chi connectivity index (χ1) is 13.6. The van der Waals surface area contributed by atoms with Crippen LogP contribution in [0.2, 0.25) is 0 Å². The van der Waals surface area contributed by atoms with Gasteiger partial charge in [0.15, 0.2) is 6.39 Å². The third-order valence-corrected chi connectivity index (χ3v) is 7.47. The van der Waals surface area contributed by atoms with Gasteiger partial charge in [-0.15, -0.1) is 0 Å². The third-order valence-electron chi connectivity index (χ3n) is 7.47. The summed E-state index contributed by atoms with van der Waals surface area (Å²) in [6, 6.07) is 11.9. The van der Waals surface area contributed by atoms with Crippen molar-refractivity contribution in [2.75, 3.05) is 0 Å². The first kappa shape index (κ1) is 17.9. The van der Waals surface area contributed by atoms with Gasteiger partial charge in [0.2, 0.25) is 5.76 Å². The standard InChI is InChI=1S/C23H29N3O2/c1-15-21(28-14-24-15)22(27)26-18-13-23(2)19(10-6-7-11-20(23)26)25-17(18)12-16-8-4-3-5-9-16/h3-5,8-9,14,17-20,25H,6-7,10-13H2,1-2H3/t17-,18-,19+,20-,23+/m0/s1. The molecular weight excluding hydrogens is 350 g/mol. The molecule has 2 bridgehead atoms. The Kier molecular flexibility index (Phi) is 4.31. The number of aromatic nitrogens is 1. The number of nitrogens with one attached hydrogen (secondary N) is 1. The van der Waals surface area contributed by atoms with Gasteiger partial charge in [-0.05, 0) is 38.2 Å². The maximum atomic E-state index is 13.6. The maximum Gasteiger partial charge on any atom is 0.292 e. The number of fused-ring (bicyclic) bond motifs is 1. The molecule has 1 N–H and O–H groups in total. The highest BCUT2D eigenvalue weighted by Crippen LogP contribution is 2.52. The van der Waals surface area contributed by atoms with Crippen LogP contribution in [0.1, 0.15) is 60.8 Å². The second kappa shape index (κ2) is 6.73. The minimum Gasteiger partial charge on any atom is -0.438 e. The van der Waals surface area contributed by atoms with Gasteiger partial charge >= 0.3 is 0 Å². The number of rotatable bonds is 3. The molecule has 28 heavy (non-hydrogen) atoms. The molecule has 1 amide bonds. The molecule has 0 unspecified atom stereocenters. The van der Waals surface area contributed by atoms with Crippen molar-refractivity contribution in [1.82, 2.24) is 15.2 Å². The lowest BCUT2D eigenvalue weighted by Gasteiger charge is -2.43. The fourth-order valence-corrected chi connectivity index (χ4v) is 6.05. The highest BCUT2D eigenvalue weighted by molar-refractivity contribution is 5.93. The van der Waals surface area contributed by atoms with Gasteiger partial charge in [-0.2, -0.15) is 0 Å². The van der Waals surface area contributed by atoms with E-state index in [4.69, 9.17) is 4.42 Å². The average molecular weight is 380 g/mol. The van der Waals surface area contributed by atoms with Gasteiger partial charge in [-0.3, -0.25) is 4.79 Å². The molecule has 0 spiro atoms. The van der Waals surface area contributed by atoms with E-state index < -0.39 is 0 Å². The van der Waals surface area contributed by atoms with E-state index in [1.165, 1.54) is 31.2 Å². The van der Waals surface area contributed by atoms with Crippen molar-refractivity contribution in [3.63, 3.8) is 0 Å². The summed E-state index contributed by atoms with van der Waals surface area (Å²) in [6.07, 6.45) is 8.12. The molecule has 1 saturated carbocycles. The van der Waals surface area contributed by atoms with Crippen molar-refractivity contribution < 1.29 is 9.21 Å². The number of benzene rings is 1. The van der Waals surface area contributed by atoms with E-state index >= 15 is 0 Å². The Morgan fingerprint density at radius 2 is 2.07 bits per heavy atom.